The highest BCUT2D eigenvalue weighted by Crippen LogP contribution is 2.23. The zero-order valence-electron chi connectivity index (χ0n) is 15.3. The molecule has 0 saturated carbocycles. The maximum Gasteiger partial charge on any atom is 0.288 e. The summed E-state index contributed by atoms with van der Waals surface area (Å²) in [7, 11) is 1.51. The molecule has 4 aromatic rings. The smallest absolute Gasteiger partial charge is 0.288 e. The number of nitrogens with zero attached hydrogens (tertiary/aromatic N) is 3. The number of hydrogen-bond acceptors (Lipinski definition) is 5. The van der Waals surface area contributed by atoms with Crippen LogP contribution in [0.3, 0.4) is 0 Å². The summed E-state index contributed by atoms with van der Waals surface area (Å²) in [4.78, 5) is 34.7. The van der Waals surface area contributed by atoms with Gasteiger partial charge in [0, 0.05) is 16.9 Å². The molecular weight excluding hydrogens is 392 g/mol. The van der Waals surface area contributed by atoms with E-state index in [1.165, 1.54) is 11.7 Å². The average Bonchev–Trinajstić information content (AvgIpc) is 2.73. The van der Waals surface area contributed by atoms with Crippen molar-refractivity contribution in [2.24, 2.45) is 0 Å². The highest BCUT2D eigenvalue weighted by atomic mass is 35.5. The Hall–Kier alpha value is -3.71. The lowest BCUT2D eigenvalue weighted by Crippen LogP contribution is -2.31. The number of hydrogen-bond donors (Lipinski definition) is 1. The van der Waals surface area contributed by atoms with E-state index in [4.69, 9.17) is 16.3 Å². The molecule has 2 heterocycles. The van der Waals surface area contributed by atoms with Gasteiger partial charge in [-0.15, -0.1) is 0 Å². The number of ether oxygens (including phenoxy) is 1. The monoisotopic (exact) mass is 406 g/mol. The van der Waals surface area contributed by atoms with Crippen molar-refractivity contribution in [3.05, 3.63) is 87.9 Å². The first-order chi connectivity index (χ1) is 14.1. The predicted octanol–water partition coefficient (Wildman–Crippen LogP) is 3.70. The van der Waals surface area contributed by atoms with Gasteiger partial charge in [-0.1, -0.05) is 29.8 Å². The van der Waals surface area contributed by atoms with Crippen LogP contribution in [0, 0.1) is 0 Å². The van der Waals surface area contributed by atoms with Gasteiger partial charge in [0.25, 0.3) is 11.5 Å². The number of rotatable bonds is 4. The van der Waals surface area contributed by atoms with Crippen molar-refractivity contribution < 1.29 is 9.53 Å². The minimum Gasteiger partial charge on any atom is -0.495 e. The number of anilines is 1. The molecule has 0 bridgehead atoms. The van der Waals surface area contributed by atoms with Crippen LogP contribution in [0.5, 0.6) is 5.75 Å². The summed E-state index contributed by atoms with van der Waals surface area (Å²) in [6.45, 7) is 0. The Morgan fingerprint density at radius 3 is 2.72 bits per heavy atom. The van der Waals surface area contributed by atoms with Crippen LogP contribution in [-0.4, -0.2) is 27.6 Å². The first-order valence-electron chi connectivity index (χ1n) is 8.66. The van der Waals surface area contributed by atoms with E-state index in [1.54, 1.807) is 66.9 Å². The van der Waals surface area contributed by atoms with Crippen LogP contribution in [0.2, 0.25) is 5.02 Å². The van der Waals surface area contributed by atoms with Gasteiger partial charge in [-0.25, -0.2) is 9.97 Å². The molecule has 8 heteroatoms. The number of fused-ring (bicyclic) bond motifs is 1. The summed E-state index contributed by atoms with van der Waals surface area (Å²) >= 11 is 5.97. The number of pyridine rings is 1. The van der Waals surface area contributed by atoms with Crippen LogP contribution in [0.1, 0.15) is 10.5 Å². The van der Waals surface area contributed by atoms with Gasteiger partial charge in [0.05, 0.1) is 12.8 Å². The molecular formula is C21H15ClN4O3. The van der Waals surface area contributed by atoms with E-state index in [0.717, 1.165) is 0 Å². The fourth-order valence-electron chi connectivity index (χ4n) is 2.96. The van der Waals surface area contributed by atoms with Crippen molar-refractivity contribution >= 4 is 34.4 Å². The molecule has 2 aromatic heterocycles. The number of para-hydroxylation sites is 2. The summed E-state index contributed by atoms with van der Waals surface area (Å²) in [5.41, 5.74) is 0.758. The Balaban J connectivity index is 1.91. The molecule has 0 saturated heterocycles. The number of amides is 1. The zero-order chi connectivity index (χ0) is 20.4. The van der Waals surface area contributed by atoms with Crippen LogP contribution in [0.15, 0.2) is 71.7 Å². The molecule has 29 heavy (non-hydrogen) atoms. The average molecular weight is 407 g/mol. The second-order valence-electron chi connectivity index (χ2n) is 6.08. The molecule has 0 unspecified atom stereocenters. The van der Waals surface area contributed by atoms with E-state index in [1.807, 2.05) is 0 Å². The summed E-state index contributed by atoms with van der Waals surface area (Å²) in [5, 5.41) is 3.12. The molecule has 0 aliphatic carbocycles. The van der Waals surface area contributed by atoms with E-state index < -0.39 is 11.5 Å². The largest absolute Gasteiger partial charge is 0.495 e. The molecule has 0 aliphatic rings. The van der Waals surface area contributed by atoms with E-state index in [2.05, 4.69) is 15.3 Å². The molecule has 144 valence electrons. The van der Waals surface area contributed by atoms with Crippen molar-refractivity contribution in [3.8, 4) is 11.4 Å². The van der Waals surface area contributed by atoms with Gasteiger partial charge < -0.3 is 10.1 Å². The quantitative estimate of drug-likeness (QED) is 0.558. The van der Waals surface area contributed by atoms with Gasteiger partial charge in [-0.3, -0.25) is 14.2 Å². The molecule has 0 aliphatic heterocycles. The fourth-order valence-corrected chi connectivity index (χ4v) is 3.15. The highest BCUT2D eigenvalue weighted by Gasteiger charge is 2.21. The maximum absolute atomic E-state index is 13.3. The Kier molecular flexibility index (Phi) is 4.97. The molecule has 1 amide bonds. The maximum atomic E-state index is 13.3. The standard InChI is InChI=1S/C21H15ClN4O3/c1-29-17-10-3-2-9-16(17)26-19-15(8-5-11-23-19)25-18(21(26)28)20(27)24-14-7-4-6-13(22)12-14/h2-12H,1H3,(H,24,27). The molecule has 4 rings (SSSR count). The van der Waals surface area contributed by atoms with Gasteiger partial charge >= 0.3 is 0 Å². The van der Waals surface area contributed by atoms with E-state index in [-0.39, 0.29) is 5.69 Å². The van der Waals surface area contributed by atoms with Gasteiger partial charge in [0.15, 0.2) is 11.3 Å². The van der Waals surface area contributed by atoms with Crippen LogP contribution in [0.25, 0.3) is 16.9 Å². The molecule has 0 radical (unpaired) electrons. The van der Waals surface area contributed by atoms with Gasteiger partial charge in [0.1, 0.15) is 11.3 Å². The number of carbonyl (C=O) groups is 1. The molecule has 7 nitrogen and oxygen atoms in total. The number of aromatic nitrogens is 3. The van der Waals surface area contributed by atoms with Crippen LogP contribution < -0.4 is 15.6 Å². The third-order valence-corrected chi connectivity index (χ3v) is 4.47. The summed E-state index contributed by atoms with van der Waals surface area (Å²) in [5.74, 6) is -0.180. The second kappa shape index (κ2) is 7.73. The van der Waals surface area contributed by atoms with E-state index >= 15 is 0 Å². The van der Waals surface area contributed by atoms with Crippen molar-refractivity contribution in [2.45, 2.75) is 0 Å². The number of nitrogens with one attached hydrogen (secondary N) is 1. The predicted molar refractivity (Wildman–Crippen MR) is 111 cm³/mol. The molecule has 2 aromatic carbocycles. The van der Waals surface area contributed by atoms with Crippen molar-refractivity contribution in [3.63, 3.8) is 0 Å². The lowest BCUT2D eigenvalue weighted by Gasteiger charge is -2.14. The Bertz CT molecular complexity index is 1290. The fraction of sp³-hybridized carbons (Fsp3) is 0.0476. The molecule has 0 atom stereocenters. The minimum atomic E-state index is -0.647. The minimum absolute atomic E-state index is 0.267. The van der Waals surface area contributed by atoms with E-state index in [9.17, 15) is 9.59 Å². The Morgan fingerprint density at radius 1 is 1.10 bits per heavy atom. The summed E-state index contributed by atoms with van der Waals surface area (Å²) in [6, 6.07) is 17.0. The van der Waals surface area contributed by atoms with Crippen LogP contribution >= 0.6 is 11.6 Å². The van der Waals surface area contributed by atoms with E-state index in [0.29, 0.717) is 33.3 Å². The normalized spacial score (nSPS) is 10.7. The number of carbonyl (C=O) groups excluding carboxylic acids is 1. The van der Waals surface area contributed by atoms with Crippen molar-refractivity contribution in [2.75, 3.05) is 12.4 Å². The molecule has 0 spiro atoms. The Morgan fingerprint density at radius 2 is 1.93 bits per heavy atom. The summed E-state index contributed by atoms with van der Waals surface area (Å²) in [6.07, 6.45) is 1.56. The van der Waals surface area contributed by atoms with Crippen molar-refractivity contribution in [1.82, 2.24) is 14.5 Å². The highest BCUT2D eigenvalue weighted by molar-refractivity contribution is 6.30. The number of benzene rings is 2. The third kappa shape index (κ3) is 3.55. The lowest BCUT2D eigenvalue weighted by molar-refractivity contribution is 0.102. The number of methoxy groups -OCH3 is 1. The van der Waals surface area contributed by atoms with Gasteiger partial charge in [-0.2, -0.15) is 0 Å². The van der Waals surface area contributed by atoms with Gasteiger partial charge in [0.2, 0.25) is 0 Å². The topological polar surface area (TPSA) is 86.1 Å². The molecule has 0 fully saturated rings. The number of halogens is 1. The van der Waals surface area contributed by atoms with Crippen molar-refractivity contribution in [1.29, 1.82) is 0 Å². The SMILES string of the molecule is COc1ccccc1-n1c(=O)c(C(=O)Nc2cccc(Cl)c2)nc2cccnc21. The first kappa shape index (κ1) is 18.6. The van der Waals surface area contributed by atoms with Crippen LogP contribution in [0.4, 0.5) is 5.69 Å². The zero-order valence-corrected chi connectivity index (χ0v) is 16.1. The molecule has 1 N–H and O–H groups in total. The second-order valence-corrected chi connectivity index (χ2v) is 6.52. The first-order valence-corrected chi connectivity index (χ1v) is 9.04. The summed E-state index contributed by atoms with van der Waals surface area (Å²) < 4.78 is 6.72. The lowest BCUT2D eigenvalue weighted by atomic mass is 10.2. The van der Waals surface area contributed by atoms with Crippen LogP contribution in [-0.2, 0) is 0 Å². The van der Waals surface area contributed by atoms with Gasteiger partial charge in [-0.05, 0) is 42.5 Å². The third-order valence-electron chi connectivity index (χ3n) is 4.24. The Labute approximate surface area is 170 Å².